The van der Waals surface area contributed by atoms with Gasteiger partial charge in [0, 0.05) is 0 Å². The Bertz CT molecular complexity index is 383. The van der Waals surface area contributed by atoms with E-state index in [2.05, 4.69) is 31.1 Å². The third-order valence-electron chi connectivity index (χ3n) is 3.68. The van der Waals surface area contributed by atoms with Crippen molar-refractivity contribution in [1.82, 2.24) is 9.78 Å². The Hall–Kier alpha value is -1.25. The fourth-order valence-electron chi connectivity index (χ4n) is 2.73. The first-order valence-electron chi connectivity index (χ1n) is 6.58. The van der Waals surface area contributed by atoms with Crippen molar-refractivity contribution in [3.63, 3.8) is 0 Å². The van der Waals surface area contributed by atoms with Gasteiger partial charge in [0.25, 0.3) is 0 Å². The lowest BCUT2D eigenvalue weighted by molar-refractivity contribution is 0.313. The van der Waals surface area contributed by atoms with Crippen LogP contribution in [0.3, 0.4) is 0 Å². The van der Waals surface area contributed by atoms with Gasteiger partial charge in [0.15, 0.2) is 5.75 Å². The van der Waals surface area contributed by atoms with Gasteiger partial charge in [-0.3, -0.25) is 4.68 Å². The molecule has 17 heavy (non-hydrogen) atoms. The molecule has 3 atom stereocenters. The SMILES string of the molecule is CC[C@@H]1/C=C\CC(n2cc(O)cn2)CC(C)C1. The number of allylic oxidation sites excluding steroid dienone is 2. The first kappa shape index (κ1) is 12.2. The zero-order valence-corrected chi connectivity index (χ0v) is 10.7. The molecule has 3 heteroatoms. The van der Waals surface area contributed by atoms with E-state index in [0.717, 1.165) is 18.8 Å². The molecule has 1 aromatic rings. The van der Waals surface area contributed by atoms with Crippen LogP contribution in [0, 0.1) is 11.8 Å². The van der Waals surface area contributed by atoms with Crippen molar-refractivity contribution in [2.24, 2.45) is 11.8 Å². The van der Waals surface area contributed by atoms with E-state index in [9.17, 15) is 5.11 Å². The molecule has 1 aromatic heterocycles. The Morgan fingerprint density at radius 1 is 1.47 bits per heavy atom. The molecule has 1 aliphatic rings. The van der Waals surface area contributed by atoms with Gasteiger partial charge < -0.3 is 5.11 Å². The van der Waals surface area contributed by atoms with Crippen molar-refractivity contribution in [2.45, 2.75) is 45.6 Å². The zero-order valence-electron chi connectivity index (χ0n) is 10.7. The molecule has 0 saturated carbocycles. The zero-order chi connectivity index (χ0) is 12.3. The van der Waals surface area contributed by atoms with Crippen molar-refractivity contribution in [3.8, 4) is 5.75 Å². The Balaban J connectivity index is 2.10. The molecule has 1 aliphatic carbocycles. The summed E-state index contributed by atoms with van der Waals surface area (Å²) in [5.74, 6) is 1.70. The highest BCUT2D eigenvalue weighted by Gasteiger charge is 2.19. The monoisotopic (exact) mass is 234 g/mol. The standard InChI is InChI=1S/C14H22N2O/c1-3-12-5-4-6-13(8-11(2)7-12)16-10-14(17)9-15-16/h4-5,9-13,17H,3,6-8H2,1-2H3/b5-4-/t11?,12-,13?/m1/s1. The number of rotatable bonds is 2. The Morgan fingerprint density at radius 3 is 2.94 bits per heavy atom. The summed E-state index contributed by atoms with van der Waals surface area (Å²) in [5, 5.41) is 13.6. The summed E-state index contributed by atoms with van der Waals surface area (Å²) in [6.07, 6.45) is 12.5. The second-order valence-electron chi connectivity index (χ2n) is 5.24. The van der Waals surface area contributed by atoms with Crippen LogP contribution in [-0.2, 0) is 0 Å². The van der Waals surface area contributed by atoms with Crippen LogP contribution in [-0.4, -0.2) is 14.9 Å². The highest BCUT2D eigenvalue weighted by molar-refractivity contribution is 5.09. The van der Waals surface area contributed by atoms with Crippen molar-refractivity contribution in [1.29, 1.82) is 0 Å². The molecule has 2 unspecified atom stereocenters. The summed E-state index contributed by atoms with van der Waals surface area (Å²) in [4.78, 5) is 0. The number of hydrogen-bond acceptors (Lipinski definition) is 2. The van der Waals surface area contributed by atoms with Crippen LogP contribution in [0.1, 0.15) is 45.6 Å². The van der Waals surface area contributed by atoms with Crippen LogP contribution >= 0.6 is 0 Å². The molecule has 0 fully saturated rings. The predicted molar refractivity (Wildman–Crippen MR) is 68.9 cm³/mol. The smallest absolute Gasteiger partial charge is 0.153 e. The maximum atomic E-state index is 9.35. The lowest BCUT2D eigenvalue weighted by Gasteiger charge is -2.25. The Kier molecular flexibility index (Phi) is 3.87. The van der Waals surface area contributed by atoms with Gasteiger partial charge in [-0.05, 0) is 37.5 Å². The van der Waals surface area contributed by atoms with Crippen molar-refractivity contribution >= 4 is 0 Å². The molecule has 0 amide bonds. The number of nitrogens with zero attached hydrogens (tertiary/aromatic N) is 2. The van der Waals surface area contributed by atoms with E-state index in [0.29, 0.717) is 12.0 Å². The highest BCUT2D eigenvalue weighted by Crippen LogP contribution is 2.30. The van der Waals surface area contributed by atoms with E-state index < -0.39 is 0 Å². The van der Waals surface area contributed by atoms with E-state index in [1.165, 1.54) is 19.0 Å². The molecule has 0 aliphatic heterocycles. The first-order chi connectivity index (χ1) is 8.19. The summed E-state index contributed by atoms with van der Waals surface area (Å²) >= 11 is 0. The van der Waals surface area contributed by atoms with Crippen LogP contribution in [0.4, 0.5) is 0 Å². The molecule has 3 nitrogen and oxygen atoms in total. The molecule has 1 N–H and O–H groups in total. The first-order valence-corrected chi connectivity index (χ1v) is 6.58. The molecule has 0 aromatic carbocycles. The molecule has 94 valence electrons. The lowest BCUT2D eigenvalue weighted by atomic mass is 9.86. The molecule has 0 bridgehead atoms. The molecule has 2 rings (SSSR count). The largest absolute Gasteiger partial charge is 0.505 e. The van der Waals surface area contributed by atoms with Crippen LogP contribution < -0.4 is 0 Å². The molecule has 0 saturated heterocycles. The van der Waals surface area contributed by atoms with Crippen LogP contribution in [0.2, 0.25) is 0 Å². The van der Waals surface area contributed by atoms with Gasteiger partial charge in [0.05, 0.1) is 18.4 Å². The second kappa shape index (κ2) is 5.39. The topological polar surface area (TPSA) is 38.0 Å². The summed E-state index contributed by atoms with van der Waals surface area (Å²) in [6.45, 7) is 4.57. The lowest BCUT2D eigenvalue weighted by Crippen LogP contribution is -2.16. The minimum atomic E-state index is 0.259. The minimum absolute atomic E-state index is 0.259. The van der Waals surface area contributed by atoms with Gasteiger partial charge in [0.2, 0.25) is 0 Å². The van der Waals surface area contributed by atoms with Gasteiger partial charge in [-0.1, -0.05) is 26.0 Å². The molecule has 0 radical (unpaired) electrons. The highest BCUT2D eigenvalue weighted by atomic mass is 16.3. The van der Waals surface area contributed by atoms with Gasteiger partial charge >= 0.3 is 0 Å². The summed E-state index contributed by atoms with van der Waals surface area (Å²) in [5.41, 5.74) is 0. The maximum Gasteiger partial charge on any atom is 0.153 e. The molecule has 0 spiro atoms. The van der Waals surface area contributed by atoms with Crippen LogP contribution in [0.15, 0.2) is 24.5 Å². The molecule has 1 heterocycles. The second-order valence-corrected chi connectivity index (χ2v) is 5.24. The van der Waals surface area contributed by atoms with Gasteiger partial charge in [-0.15, -0.1) is 0 Å². The third-order valence-corrected chi connectivity index (χ3v) is 3.68. The van der Waals surface area contributed by atoms with E-state index in [-0.39, 0.29) is 5.75 Å². The Labute approximate surface area is 103 Å². The maximum absolute atomic E-state index is 9.35. The minimum Gasteiger partial charge on any atom is -0.505 e. The quantitative estimate of drug-likeness (QED) is 0.795. The van der Waals surface area contributed by atoms with E-state index in [4.69, 9.17) is 0 Å². The van der Waals surface area contributed by atoms with Gasteiger partial charge in [-0.2, -0.15) is 5.10 Å². The normalized spacial score (nSPS) is 31.8. The average Bonchev–Trinajstić information content (AvgIpc) is 2.69. The van der Waals surface area contributed by atoms with Crippen molar-refractivity contribution < 1.29 is 5.11 Å². The van der Waals surface area contributed by atoms with E-state index in [1.54, 1.807) is 6.20 Å². The third kappa shape index (κ3) is 3.11. The van der Waals surface area contributed by atoms with E-state index >= 15 is 0 Å². The van der Waals surface area contributed by atoms with Crippen molar-refractivity contribution in [2.75, 3.05) is 0 Å². The van der Waals surface area contributed by atoms with Crippen LogP contribution in [0.25, 0.3) is 0 Å². The summed E-state index contributed by atoms with van der Waals surface area (Å²) < 4.78 is 1.91. The fraction of sp³-hybridized carbons (Fsp3) is 0.643. The Morgan fingerprint density at radius 2 is 2.29 bits per heavy atom. The number of aromatic nitrogens is 2. The molecular formula is C14H22N2O. The fourth-order valence-corrected chi connectivity index (χ4v) is 2.73. The number of hydrogen-bond donors (Lipinski definition) is 1. The summed E-state index contributed by atoms with van der Waals surface area (Å²) in [7, 11) is 0. The van der Waals surface area contributed by atoms with Gasteiger partial charge in [-0.25, -0.2) is 0 Å². The number of aromatic hydroxyl groups is 1. The predicted octanol–water partition coefficient (Wildman–Crippen LogP) is 3.53. The van der Waals surface area contributed by atoms with E-state index in [1.807, 2.05) is 4.68 Å². The average molecular weight is 234 g/mol. The van der Waals surface area contributed by atoms with Crippen LogP contribution in [0.5, 0.6) is 5.75 Å². The molecular weight excluding hydrogens is 212 g/mol. The summed E-state index contributed by atoms with van der Waals surface area (Å²) in [6, 6.07) is 0.389. The van der Waals surface area contributed by atoms with Crippen molar-refractivity contribution in [3.05, 3.63) is 24.5 Å². The van der Waals surface area contributed by atoms with Gasteiger partial charge in [0.1, 0.15) is 0 Å².